The van der Waals surface area contributed by atoms with E-state index in [1.54, 1.807) is 4.90 Å². The third-order valence-corrected chi connectivity index (χ3v) is 2.57. The summed E-state index contributed by atoms with van der Waals surface area (Å²) in [5, 5.41) is 19.1. The minimum atomic E-state index is -0.780. The van der Waals surface area contributed by atoms with Crippen LogP contribution in [0.2, 0.25) is 5.02 Å². The van der Waals surface area contributed by atoms with Gasteiger partial charge in [-0.3, -0.25) is 0 Å². The molecule has 0 spiro atoms. The van der Waals surface area contributed by atoms with E-state index in [2.05, 4.69) is 9.97 Å². The van der Waals surface area contributed by atoms with Gasteiger partial charge in [0.05, 0.1) is 18.4 Å². The van der Waals surface area contributed by atoms with Crippen LogP contribution in [0.15, 0.2) is 6.20 Å². The first kappa shape index (κ1) is 10.4. The van der Waals surface area contributed by atoms with Gasteiger partial charge >= 0.3 is 0 Å². The predicted octanol–water partition coefficient (Wildman–Crippen LogP) is -0.746. The smallest absolute Gasteiger partial charge is 0.222 e. The molecule has 1 aliphatic heterocycles. The summed E-state index contributed by atoms with van der Waals surface area (Å²) in [4.78, 5) is 9.37. The Morgan fingerprint density at radius 1 is 1.40 bits per heavy atom. The summed E-state index contributed by atoms with van der Waals surface area (Å²) in [5.41, 5.74) is 5.43. The summed E-state index contributed by atoms with van der Waals surface area (Å²) in [7, 11) is 0. The summed E-state index contributed by atoms with van der Waals surface area (Å²) in [6, 6.07) is 0. The molecule has 2 unspecified atom stereocenters. The normalized spacial score (nSPS) is 25.9. The van der Waals surface area contributed by atoms with Crippen molar-refractivity contribution in [2.24, 2.45) is 0 Å². The summed E-state index contributed by atoms with van der Waals surface area (Å²) >= 11 is 5.89. The second kappa shape index (κ2) is 3.80. The van der Waals surface area contributed by atoms with Gasteiger partial charge in [0, 0.05) is 13.1 Å². The molecular formula is C8H11ClN4O2. The Balaban J connectivity index is 2.27. The summed E-state index contributed by atoms with van der Waals surface area (Å²) in [5.74, 6) is 0.560. The molecule has 0 radical (unpaired) electrons. The van der Waals surface area contributed by atoms with Crippen LogP contribution in [0.25, 0.3) is 0 Å². The van der Waals surface area contributed by atoms with Crippen molar-refractivity contribution in [3.8, 4) is 0 Å². The zero-order valence-corrected chi connectivity index (χ0v) is 8.59. The largest absolute Gasteiger partial charge is 0.389 e. The van der Waals surface area contributed by atoms with Gasteiger partial charge < -0.3 is 20.8 Å². The van der Waals surface area contributed by atoms with E-state index >= 15 is 0 Å². The fraction of sp³-hybridized carbons (Fsp3) is 0.500. The summed E-state index contributed by atoms with van der Waals surface area (Å²) < 4.78 is 0. The Morgan fingerprint density at radius 3 is 2.60 bits per heavy atom. The molecule has 0 amide bonds. The van der Waals surface area contributed by atoms with Crippen LogP contribution in [0, 0.1) is 0 Å². The van der Waals surface area contributed by atoms with Crippen LogP contribution in [0.3, 0.4) is 0 Å². The topological polar surface area (TPSA) is 95.5 Å². The Morgan fingerprint density at radius 2 is 2.00 bits per heavy atom. The lowest BCUT2D eigenvalue weighted by molar-refractivity contribution is 0.0572. The SMILES string of the molecule is Nc1ncc(Cl)c(N2CC(O)C(O)C2)n1. The average Bonchev–Trinajstić information content (AvgIpc) is 2.51. The minimum Gasteiger partial charge on any atom is -0.389 e. The van der Waals surface area contributed by atoms with Gasteiger partial charge in [0.25, 0.3) is 0 Å². The highest BCUT2D eigenvalue weighted by Gasteiger charge is 2.31. The van der Waals surface area contributed by atoms with Crippen LogP contribution in [-0.2, 0) is 0 Å². The summed E-state index contributed by atoms with van der Waals surface area (Å²) in [6.45, 7) is 0.578. The molecule has 0 saturated carbocycles. The number of aromatic nitrogens is 2. The molecule has 4 N–H and O–H groups in total. The minimum absolute atomic E-state index is 0.116. The molecule has 1 aromatic rings. The molecule has 0 aromatic carbocycles. The summed E-state index contributed by atoms with van der Waals surface area (Å²) in [6.07, 6.45) is -0.162. The Hall–Kier alpha value is -1.11. The van der Waals surface area contributed by atoms with Crippen molar-refractivity contribution in [1.29, 1.82) is 0 Å². The van der Waals surface area contributed by atoms with Gasteiger partial charge in [-0.25, -0.2) is 4.98 Å². The van der Waals surface area contributed by atoms with Crippen LogP contribution in [-0.4, -0.2) is 45.5 Å². The number of hydrogen-bond donors (Lipinski definition) is 3. The first-order valence-electron chi connectivity index (χ1n) is 4.47. The van der Waals surface area contributed by atoms with E-state index in [1.807, 2.05) is 0 Å². The van der Waals surface area contributed by atoms with Gasteiger partial charge in [0.15, 0.2) is 5.82 Å². The van der Waals surface area contributed by atoms with Crippen molar-refractivity contribution < 1.29 is 10.2 Å². The number of hydrogen-bond acceptors (Lipinski definition) is 6. The number of β-amino-alcohol motifs (C(OH)–C–C–N with tert-alkyl or cyclic N) is 2. The van der Waals surface area contributed by atoms with Crippen molar-refractivity contribution in [1.82, 2.24) is 9.97 Å². The number of nitrogen functional groups attached to an aromatic ring is 1. The molecule has 1 aromatic heterocycles. The maximum atomic E-state index is 9.38. The second-order valence-electron chi connectivity index (χ2n) is 3.44. The second-order valence-corrected chi connectivity index (χ2v) is 3.85. The highest BCUT2D eigenvalue weighted by atomic mass is 35.5. The first-order chi connectivity index (χ1) is 7.08. The third kappa shape index (κ3) is 1.97. The number of rotatable bonds is 1. The predicted molar refractivity (Wildman–Crippen MR) is 55.7 cm³/mol. The number of nitrogens with two attached hydrogens (primary N) is 1. The number of nitrogens with zero attached hydrogens (tertiary/aromatic N) is 3. The van der Waals surface area contributed by atoms with E-state index < -0.39 is 12.2 Å². The fourth-order valence-corrected chi connectivity index (χ4v) is 1.75. The zero-order chi connectivity index (χ0) is 11.0. The molecule has 0 bridgehead atoms. The molecule has 2 atom stereocenters. The third-order valence-electron chi connectivity index (χ3n) is 2.30. The Bertz CT molecular complexity index is 366. The molecule has 7 heteroatoms. The van der Waals surface area contributed by atoms with Crippen molar-refractivity contribution in [2.45, 2.75) is 12.2 Å². The van der Waals surface area contributed by atoms with Crippen molar-refractivity contribution in [3.05, 3.63) is 11.2 Å². The monoisotopic (exact) mass is 230 g/mol. The molecule has 2 heterocycles. The molecule has 15 heavy (non-hydrogen) atoms. The number of aliphatic hydroxyl groups is 2. The molecule has 1 fully saturated rings. The molecule has 1 saturated heterocycles. The number of aliphatic hydroxyl groups excluding tert-OH is 2. The van der Waals surface area contributed by atoms with Crippen molar-refractivity contribution >= 4 is 23.4 Å². The van der Waals surface area contributed by atoms with E-state index in [1.165, 1.54) is 6.20 Å². The van der Waals surface area contributed by atoms with Crippen LogP contribution in [0.5, 0.6) is 0 Å². The van der Waals surface area contributed by atoms with E-state index in [0.717, 1.165) is 0 Å². The highest BCUT2D eigenvalue weighted by molar-refractivity contribution is 6.32. The Kier molecular flexibility index (Phi) is 2.64. The van der Waals surface area contributed by atoms with Gasteiger partial charge in [-0.05, 0) is 0 Å². The molecule has 1 aliphatic rings. The van der Waals surface area contributed by atoms with Crippen LogP contribution >= 0.6 is 11.6 Å². The van der Waals surface area contributed by atoms with E-state index in [0.29, 0.717) is 10.8 Å². The van der Waals surface area contributed by atoms with Crippen LogP contribution in [0.4, 0.5) is 11.8 Å². The fourth-order valence-electron chi connectivity index (χ4n) is 1.54. The lowest BCUT2D eigenvalue weighted by Crippen LogP contribution is -2.23. The molecule has 2 rings (SSSR count). The van der Waals surface area contributed by atoms with E-state index in [-0.39, 0.29) is 19.0 Å². The molecule has 82 valence electrons. The van der Waals surface area contributed by atoms with Crippen molar-refractivity contribution in [3.63, 3.8) is 0 Å². The maximum absolute atomic E-state index is 9.38. The van der Waals surface area contributed by atoms with Gasteiger partial charge in [-0.2, -0.15) is 4.98 Å². The highest BCUT2D eigenvalue weighted by Crippen LogP contribution is 2.26. The van der Waals surface area contributed by atoms with E-state index in [4.69, 9.17) is 17.3 Å². The molecular weight excluding hydrogens is 220 g/mol. The maximum Gasteiger partial charge on any atom is 0.222 e. The van der Waals surface area contributed by atoms with E-state index in [9.17, 15) is 10.2 Å². The van der Waals surface area contributed by atoms with Crippen molar-refractivity contribution in [2.75, 3.05) is 23.7 Å². The molecule has 0 aliphatic carbocycles. The quantitative estimate of drug-likeness (QED) is 0.588. The average molecular weight is 231 g/mol. The van der Waals surface area contributed by atoms with Gasteiger partial charge in [0.1, 0.15) is 5.02 Å². The number of halogens is 1. The number of anilines is 2. The lowest BCUT2D eigenvalue weighted by Gasteiger charge is -2.17. The lowest BCUT2D eigenvalue weighted by atomic mass is 10.3. The van der Waals surface area contributed by atoms with Gasteiger partial charge in [-0.1, -0.05) is 11.6 Å². The van der Waals surface area contributed by atoms with Gasteiger partial charge in [0.2, 0.25) is 5.95 Å². The zero-order valence-electron chi connectivity index (χ0n) is 7.84. The standard InChI is InChI=1S/C8H11ClN4O2/c9-4-1-11-8(10)12-7(4)13-2-5(14)6(15)3-13/h1,5-6,14-15H,2-3H2,(H2,10,11,12). The van der Waals surface area contributed by atoms with Gasteiger partial charge in [-0.15, -0.1) is 0 Å². The first-order valence-corrected chi connectivity index (χ1v) is 4.85. The Labute approximate surface area is 91.3 Å². The van der Waals surface area contributed by atoms with Crippen LogP contribution < -0.4 is 10.6 Å². The van der Waals surface area contributed by atoms with Crippen LogP contribution in [0.1, 0.15) is 0 Å². The molecule has 6 nitrogen and oxygen atoms in total.